The second kappa shape index (κ2) is 13.6. The molecule has 0 atom stereocenters. The van der Waals surface area contributed by atoms with Gasteiger partial charge in [-0.05, 0) is 0 Å². The first-order valence-corrected chi connectivity index (χ1v) is 12.1. The van der Waals surface area contributed by atoms with Crippen LogP contribution in [-0.4, -0.2) is 46.5 Å². The third-order valence-corrected chi connectivity index (χ3v) is 5.54. The molecule has 0 spiro atoms. The van der Waals surface area contributed by atoms with Crippen molar-refractivity contribution in [1.29, 1.82) is 0 Å². The van der Waals surface area contributed by atoms with Crippen molar-refractivity contribution in [1.82, 2.24) is 0 Å². The molecule has 25 heavy (non-hydrogen) atoms. The average Bonchev–Trinajstić information content (AvgIpc) is 2.45. The topological polar surface area (TPSA) is 73.8 Å². The van der Waals surface area contributed by atoms with E-state index in [0.717, 1.165) is 0 Å². The van der Waals surface area contributed by atoms with Gasteiger partial charge in [0.25, 0.3) is 0 Å². The Morgan fingerprint density at radius 1 is 0.520 bits per heavy atom. The fourth-order valence-electron chi connectivity index (χ4n) is 0.892. The quantitative estimate of drug-likeness (QED) is 0.148. The second-order valence-corrected chi connectivity index (χ2v) is 10.5. The summed E-state index contributed by atoms with van der Waals surface area (Å²) in [5, 5.41) is 0. The van der Waals surface area contributed by atoms with Crippen LogP contribution >= 0.6 is 0 Å². The summed E-state index contributed by atoms with van der Waals surface area (Å²) in [5.41, 5.74) is 2.87. The Morgan fingerprint density at radius 3 is 0.880 bits per heavy atom. The van der Waals surface area contributed by atoms with Crippen molar-refractivity contribution in [2.75, 3.05) is 26.4 Å². The summed E-state index contributed by atoms with van der Waals surface area (Å²) in [4.78, 5) is 20.2. The summed E-state index contributed by atoms with van der Waals surface area (Å²) in [7, 11) is 0. The van der Waals surface area contributed by atoms with Crippen LogP contribution in [0.4, 0.5) is 0 Å². The van der Waals surface area contributed by atoms with Gasteiger partial charge in [0.2, 0.25) is 0 Å². The van der Waals surface area contributed by atoms with Gasteiger partial charge >= 0.3 is 155 Å². The van der Waals surface area contributed by atoms with E-state index in [2.05, 4.69) is 26.3 Å². The Labute approximate surface area is 155 Å². The van der Waals surface area contributed by atoms with E-state index in [4.69, 9.17) is 32.4 Å². The molecule has 0 fully saturated rings. The molecule has 0 saturated carbocycles. The molecule has 0 rings (SSSR count). The van der Waals surface area contributed by atoms with Gasteiger partial charge in [0.05, 0.1) is 0 Å². The van der Waals surface area contributed by atoms with Crippen LogP contribution in [0.2, 0.25) is 0 Å². The van der Waals surface area contributed by atoms with Crippen LogP contribution < -0.4 is 0 Å². The number of hydrogen-bond acceptors (Lipinski definition) is 8. The molecule has 0 radical (unpaired) electrons. The Bertz CT molecular complexity index is 378. The second-order valence-electron chi connectivity index (χ2n) is 5.71. The average molecular weight is 467 g/mol. The zero-order valence-corrected chi connectivity index (χ0v) is 18.3. The molecule has 0 aromatic heterocycles. The van der Waals surface area contributed by atoms with E-state index < -0.39 is 20.0 Å². The Hall–Kier alpha value is -0.561. The zero-order chi connectivity index (χ0) is 19.3. The third-order valence-electron chi connectivity index (χ3n) is 1.87. The van der Waals surface area contributed by atoms with Crippen molar-refractivity contribution in [3.05, 3.63) is 48.6 Å². The van der Waals surface area contributed by atoms with Crippen molar-refractivity contribution >= 4 is 20.0 Å². The van der Waals surface area contributed by atoms with Crippen LogP contribution in [0, 0.1) is 0 Å². The Morgan fingerprint density at radius 2 is 0.720 bits per heavy atom. The predicted molar refractivity (Wildman–Crippen MR) is 93.2 cm³/mol. The minimum atomic E-state index is -4.99. The van der Waals surface area contributed by atoms with Crippen LogP contribution in [0.5, 0.6) is 0 Å². The molecule has 0 bridgehead atoms. The van der Waals surface area contributed by atoms with Gasteiger partial charge in [-0.3, -0.25) is 0 Å². The standard InChI is InChI=1S/4C4H8O2.Sn/c4*1-4(2)3-6-5;/h4*5H,1,3H2,2H3;/q;;;;+4/p-4. The summed E-state index contributed by atoms with van der Waals surface area (Å²) in [5.74, 6) is 0. The minimum absolute atomic E-state index is 0.0935. The maximum atomic E-state index is 5.20. The van der Waals surface area contributed by atoms with Gasteiger partial charge in [-0.1, -0.05) is 0 Å². The number of rotatable bonds is 16. The molecule has 0 aliphatic heterocycles. The molecule has 0 aliphatic carbocycles. The molecular weight excluding hydrogens is 439 g/mol. The summed E-state index contributed by atoms with van der Waals surface area (Å²) in [6.07, 6.45) is 0. The molecule has 0 amide bonds. The fourth-order valence-corrected chi connectivity index (χ4v) is 3.69. The van der Waals surface area contributed by atoms with Crippen molar-refractivity contribution in [2.24, 2.45) is 0 Å². The van der Waals surface area contributed by atoms with Gasteiger partial charge < -0.3 is 0 Å². The van der Waals surface area contributed by atoms with Crippen LogP contribution in [0.15, 0.2) is 48.6 Å². The summed E-state index contributed by atoms with van der Waals surface area (Å²) in [6.45, 7) is 22.2. The van der Waals surface area contributed by atoms with Crippen LogP contribution in [0.3, 0.4) is 0 Å². The van der Waals surface area contributed by atoms with E-state index >= 15 is 0 Å². The normalized spacial score (nSPS) is 11.4. The molecule has 0 aliphatic rings. The Balaban J connectivity index is 4.96. The summed E-state index contributed by atoms with van der Waals surface area (Å²) < 4.78 is 20.8. The first kappa shape index (κ1) is 24.4. The first-order valence-electron chi connectivity index (χ1n) is 7.47. The van der Waals surface area contributed by atoms with Crippen LogP contribution in [0.1, 0.15) is 27.7 Å². The van der Waals surface area contributed by atoms with Crippen LogP contribution in [0.25, 0.3) is 0 Å². The van der Waals surface area contributed by atoms with Crippen molar-refractivity contribution < 1.29 is 32.4 Å². The molecule has 0 N–H and O–H groups in total. The SMILES string of the molecule is C=C(C)CO[O][Sn]([O]OCC(=C)C)([O]OCC(=C)C)[O]OCC(=C)C. The van der Waals surface area contributed by atoms with E-state index in [1.54, 1.807) is 27.7 Å². The molecule has 0 saturated heterocycles. The fraction of sp³-hybridized carbons (Fsp3) is 0.500. The van der Waals surface area contributed by atoms with Gasteiger partial charge in [-0.25, -0.2) is 0 Å². The van der Waals surface area contributed by atoms with Gasteiger partial charge in [-0.15, -0.1) is 0 Å². The van der Waals surface area contributed by atoms with Gasteiger partial charge in [0.1, 0.15) is 0 Å². The molecule has 9 heteroatoms. The molecule has 0 unspecified atom stereocenters. The van der Waals surface area contributed by atoms with E-state index in [1.807, 2.05) is 0 Å². The molecule has 0 aromatic carbocycles. The van der Waals surface area contributed by atoms with Gasteiger partial charge in [0, 0.05) is 0 Å². The van der Waals surface area contributed by atoms with E-state index in [-0.39, 0.29) is 26.4 Å². The maximum absolute atomic E-state index is 5.20. The molecule has 144 valence electrons. The van der Waals surface area contributed by atoms with Crippen LogP contribution in [-0.2, 0) is 32.4 Å². The van der Waals surface area contributed by atoms with Crippen molar-refractivity contribution in [3.8, 4) is 0 Å². The molecule has 0 heterocycles. The third kappa shape index (κ3) is 14.3. The first-order chi connectivity index (χ1) is 11.7. The monoisotopic (exact) mass is 468 g/mol. The van der Waals surface area contributed by atoms with E-state index in [1.165, 1.54) is 0 Å². The van der Waals surface area contributed by atoms with Crippen molar-refractivity contribution in [3.63, 3.8) is 0 Å². The van der Waals surface area contributed by atoms with Crippen molar-refractivity contribution in [2.45, 2.75) is 27.7 Å². The molecular formula is C16H28O8Sn. The molecule has 8 nitrogen and oxygen atoms in total. The summed E-state index contributed by atoms with van der Waals surface area (Å²) in [6, 6.07) is 0. The van der Waals surface area contributed by atoms with Gasteiger partial charge in [0.15, 0.2) is 0 Å². The number of hydrogen-bond donors (Lipinski definition) is 0. The zero-order valence-electron chi connectivity index (χ0n) is 15.4. The molecule has 0 aromatic rings. The van der Waals surface area contributed by atoms with E-state index in [9.17, 15) is 0 Å². The van der Waals surface area contributed by atoms with Gasteiger partial charge in [-0.2, -0.15) is 0 Å². The Kier molecular flexibility index (Phi) is 13.3. The predicted octanol–water partition coefficient (Wildman–Crippen LogP) is 3.52. The summed E-state index contributed by atoms with van der Waals surface area (Å²) >= 11 is -4.99. The van der Waals surface area contributed by atoms with E-state index in [0.29, 0.717) is 22.3 Å².